The minimum atomic E-state index is -2.48. The Morgan fingerprint density at radius 2 is 1.54 bits per heavy atom. The molecule has 4 rings (SSSR count). The molecule has 0 aromatic heterocycles. The van der Waals surface area contributed by atoms with Gasteiger partial charge in [0.15, 0.2) is 17.6 Å². The van der Waals surface area contributed by atoms with Crippen LogP contribution in [0.15, 0.2) is 18.2 Å². The van der Waals surface area contributed by atoms with Gasteiger partial charge in [-0.1, -0.05) is 13.0 Å². The molecule has 30 heteroatoms. The summed E-state index contributed by atoms with van der Waals surface area (Å²) in [5.74, 6) is -9.56. The monoisotopic (exact) mass is 1020 g/mol. The molecule has 3 saturated heterocycles. The van der Waals surface area contributed by atoms with Crippen molar-refractivity contribution in [2.45, 2.75) is 132 Å². The maximum atomic E-state index is 14.4. The van der Waals surface area contributed by atoms with Gasteiger partial charge in [0.1, 0.15) is 54.1 Å². The summed E-state index contributed by atoms with van der Waals surface area (Å²) in [5.41, 5.74) is -1.44. The van der Waals surface area contributed by atoms with Crippen LogP contribution >= 0.6 is 12.3 Å². The summed E-state index contributed by atoms with van der Waals surface area (Å²) in [5, 5.41) is 113. The molecule has 7 amide bonds. The molecule has 0 aliphatic carbocycles. The van der Waals surface area contributed by atoms with Crippen LogP contribution in [-0.4, -0.2) is 197 Å². The van der Waals surface area contributed by atoms with Crippen LogP contribution in [0.4, 0.5) is 4.79 Å². The Bertz CT molecular complexity index is 2080. The van der Waals surface area contributed by atoms with Gasteiger partial charge in [-0.25, -0.2) is 11.4 Å². The molecule has 7 unspecified atom stereocenters. The number of rotatable bonds is 11. The predicted molar refractivity (Wildman–Crippen MR) is 228 cm³/mol. The minimum Gasteiger partial charge on any atom is -0.691 e. The Balaban J connectivity index is 0.0000130. The smallest absolute Gasteiger partial charge is 0.691 e. The first-order valence-electron chi connectivity index (χ1n) is 21.3. The van der Waals surface area contributed by atoms with E-state index in [2.05, 4.69) is 40.8 Å². The molecular weight excluding hydrogens is 968 g/mol. The van der Waals surface area contributed by atoms with Crippen molar-refractivity contribution in [2.75, 3.05) is 26.2 Å². The number of ether oxygens (including phenoxy) is 1. The van der Waals surface area contributed by atoms with Crippen LogP contribution < -0.4 is 65.6 Å². The molecule has 28 nitrogen and oxygen atoms in total. The zero-order valence-electron chi connectivity index (χ0n) is 38.8. The van der Waals surface area contributed by atoms with E-state index in [0.717, 1.165) is 34.9 Å². The molecule has 70 heavy (non-hydrogen) atoms. The van der Waals surface area contributed by atoms with Crippen molar-refractivity contribution in [3.63, 3.8) is 0 Å². The van der Waals surface area contributed by atoms with Gasteiger partial charge < -0.3 is 96.3 Å². The van der Waals surface area contributed by atoms with Crippen molar-refractivity contribution in [3.8, 4) is 11.5 Å². The molecule has 3 fully saturated rings. The van der Waals surface area contributed by atoms with Crippen molar-refractivity contribution in [2.24, 2.45) is 5.92 Å². The number of carbonyl (C=O) groups excluding carboxylic acids is 7. The molecule has 0 bridgehead atoms. The third-order valence-electron chi connectivity index (χ3n) is 11.2. The summed E-state index contributed by atoms with van der Waals surface area (Å²) in [4.78, 5) is 103. The van der Waals surface area contributed by atoms with E-state index in [9.17, 15) is 79.7 Å². The van der Waals surface area contributed by atoms with E-state index in [1.807, 2.05) is 0 Å². The fraction of sp³-hybridized carbons (Fsp3) is 0.650. The van der Waals surface area contributed by atoms with E-state index in [1.165, 1.54) is 27.7 Å². The molecule has 0 radical (unpaired) electrons. The van der Waals surface area contributed by atoms with E-state index in [-0.39, 0.29) is 47.4 Å². The van der Waals surface area contributed by atoms with Gasteiger partial charge in [-0.2, -0.15) is 0 Å². The van der Waals surface area contributed by atoms with Crippen LogP contribution in [0.5, 0.6) is 11.5 Å². The standard InChI is InChI=1S/C40H58N8O20S.Na/c1-16-14-48-29(30(16)54)36(60)42-12-19(50)10-21(43-39(63)65-40(3,4)5)33(57)44-26(17(2)49)37(61)47-15-20(51)11-22(47)34(58)46-28(35(59)45-27(38(48)62)24(53)13-41-6)32(56)31(55)18-7-8-23(52)25(9-18)66-69-68-67-64;/h7-9,16-17,19-22,24,26-32,49-56,64H,10-15H2,1-5H3,(H,42,60)(H,43,63)(H,44,57)(H,45,59)(H,46,58);/q;+1/p-1/t16?,17?,19-,20?,21-,22?,24+,26?,27-,28?,29?,30-,31-,32-;/m0./s1. The first-order valence-corrected chi connectivity index (χ1v) is 22.0. The summed E-state index contributed by atoms with van der Waals surface area (Å²) in [7, 11) is 0. The number of aliphatic hydroxyl groups is 7. The number of alkyl carbamates (subject to hydrolysis) is 1. The Morgan fingerprint density at radius 1 is 0.914 bits per heavy atom. The van der Waals surface area contributed by atoms with Crippen molar-refractivity contribution in [1.29, 1.82) is 0 Å². The van der Waals surface area contributed by atoms with Crippen molar-refractivity contribution in [3.05, 3.63) is 35.2 Å². The number of hydrogen-bond donors (Lipinski definition) is 13. The predicted octanol–water partition coefficient (Wildman–Crippen LogP) is -8.98. The van der Waals surface area contributed by atoms with Gasteiger partial charge in [0, 0.05) is 38.4 Å². The largest absolute Gasteiger partial charge is 1.00 e. The number of aliphatic hydroxyl groups excluding tert-OH is 7. The number of nitrogens with zero attached hydrogens (tertiary/aromatic N) is 3. The van der Waals surface area contributed by atoms with Gasteiger partial charge in [-0.05, 0) is 45.4 Å². The summed E-state index contributed by atoms with van der Waals surface area (Å²) in [6.07, 6.45) is -15.8. The average Bonchev–Trinajstić information content (AvgIpc) is 3.81. The van der Waals surface area contributed by atoms with E-state index >= 15 is 0 Å². The number of phenolic OH excluding ortho intramolecular Hbond substituents is 1. The molecular formula is C40H57N8NaO20S. The Morgan fingerprint density at radius 3 is 2.16 bits per heavy atom. The normalized spacial score (nSPS) is 29.2. The molecule has 3 aliphatic heterocycles. The minimum absolute atomic E-state index is 0. The zero-order valence-corrected chi connectivity index (χ0v) is 41.6. The molecule has 14 atom stereocenters. The average molecular weight is 1020 g/mol. The van der Waals surface area contributed by atoms with Gasteiger partial charge >= 0.3 is 35.7 Å². The van der Waals surface area contributed by atoms with E-state index in [1.54, 1.807) is 0 Å². The van der Waals surface area contributed by atoms with Gasteiger partial charge in [0.2, 0.25) is 42.0 Å². The summed E-state index contributed by atoms with van der Waals surface area (Å²) < 4.78 is 14.2. The Hall–Kier alpha value is -4.65. The molecule has 1 aromatic rings. The first kappa shape index (κ1) is 59.7. The van der Waals surface area contributed by atoms with Gasteiger partial charge in [0.05, 0.1) is 24.4 Å². The molecule has 0 saturated carbocycles. The second-order valence-electron chi connectivity index (χ2n) is 17.7. The Kier molecular flexibility index (Phi) is 22.3. The summed E-state index contributed by atoms with van der Waals surface area (Å²) in [6, 6.07) is -9.00. The van der Waals surface area contributed by atoms with E-state index in [4.69, 9.17) is 15.5 Å². The Labute approximate surface area is 426 Å². The van der Waals surface area contributed by atoms with Crippen LogP contribution in [0.25, 0.3) is 4.85 Å². The van der Waals surface area contributed by atoms with E-state index in [0.29, 0.717) is 0 Å². The fourth-order valence-electron chi connectivity index (χ4n) is 7.76. The molecule has 3 aliphatic rings. The molecule has 0 spiro atoms. The number of benzene rings is 1. The number of hydrogen-bond acceptors (Lipinski definition) is 21. The number of amides is 7. The van der Waals surface area contributed by atoms with Gasteiger partial charge in [-0.15, -0.1) is 4.33 Å². The summed E-state index contributed by atoms with van der Waals surface area (Å²) >= 11 is -0.0737. The van der Waals surface area contributed by atoms with Crippen LogP contribution in [0.1, 0.15) is 59.1 Å². The molecule has 384 valence electrons. The second kappa shape index (κ2) is 26.2. The van der Waals surface area contributed by atoms with E-state index < -0.39 is 183 Å². The molecule has 1 aromatic carbocycles. The third kappa shape index (κ3) is 15.4. The van der Waals surface area contributed by atoms with Crippen LogP contribution in [0.2, 0.25) is 0 Å². The van der Waals surface area contributed by atoms with Crippen LogP contribution in [0, 0.1) is 12.5 Å². The second-order valence-corrected chi connectivity index (χ2v) is 18.1. The molecule has 13 N–H and O–H groups in total. The van der Waals surface area contributed by atoms with Crippen molar-refractivity contribution in [1.82, 2.24) is 36.4 Å². The summed E-state index contributed by atoms with van der Waals surface area (Å²) in [6.45, 7) is 11.8. The number of β-amino-alcohol motifs (C(OH)–C–C–N with tert-alkyl or cyclic N) is 1. The first-order chi connectivity index (χ1) is 32.3. The quantitative estimate of drug-likeness (QED) is 0.0244. The van der Waals surface area contributed by atoms with Crippen LogP contribution in [-0.2, 0) is 42.9 Å². The fourth-order valence-corrected chi connectivity index (χ4v) is 8.02. The third-order valence-corrected chi connectivity index (χ3v) is 11.6. The number of carbonyl (C=O) groups is 7. The number of nitrogens with one attached hydrogen (secondary N) is 5. The maximum Gasteiger partial charge on any atom is 1.00 e. The molecule has 3 heterocycles. The van der Waals surface area contributed by atoms with Crippen molar-refractivity contribution < 1.29 is 128 Å². The van der Waals surface area contributed by atoms with Gasteiger partial charge in [-0.3, -0.25) is 33.8 Å². The van der Waals surface area contributed by atoms with Crippen LogP contribution in [0.3, 0.4) is 0 Å². The SMILES string of the molecule is [C-]#[N+]C[C@@H](O)[C@@H]1NC(=O)C([C@H](O)[C@@H](O)c2ccc(O)c(OSOO[O-])c2)NC(=O)C2CC(O)CN2C(=O)C(C(C)O)NC(=O)[C@@H](NC(=O)OC(C)(C)C)C[C@H](O)CNC(=O)C2[C@@H](O)C(C)CN2C1=O.[Na+]. The number of phenols is 1. The number of fused-ring (bicyclic) bond motifs is 2. The van der Waals surface area contributed by atoms with Crippen molar-refractivity contribution >= 4 is 53.9 Å². The number of aromatic hydroxyl groups is 1. The van der Waals surface area contributed by atoms with Gasteiger partial charge in [0.25, 0.3) is 12.3 Å². The zero-order chi connectivity index (χ0) is 51.7. The maximum absolute atomic E-state index is 14.4. The topological polar surface area (TPSA) is 412 Å².